The molecule has 1 aromatic carbocycles. The number of hydrogen-bond donors (Lipinski definition) is 2. The van der Waals surface area contributed by atoms with Crippen molar-refractivity contribution in [1.29, 1.82) is 0 Å². The fraction of sp³-hybridized carbons (Fsp3) is 0.500. The lowest BCUT2D eigenvalue weighted by molar-refractivity contribution is -0.137. The molecule has 2 aromatic heterocycles. The van der Waals surface area contributed by atoms with Crippen LogP contribution in [0.5, 0.6) is 11.6 Å². The maximum Gasteiger partial charge on any atom is 0.304 e. The molecule has 13 heteroatoms. The molecule has 3 aromatic rings. The van der Waals surface area contributed by atoms with Crippen LogP contribution >= 0.6 is 23.2 Å². The van der Waals surface area contributed by atoms with Gasteiger partial charge in [0.2, 0.25) is 17.7 Å². The van der Waals surface area contributed by atoms with E-state index in [0.717, 1.165) is 82.5 Å². The molecule has 2 fully saturated rings. The fourth-order valence-corrected chi connectivity index (χ4v) is 6.74. The number of piperidine rings is 1. The van der Waals surface area contributed by atoms with E-state index in [4.69, 9.17) is 38.0 Å². The molecule has 0 aliphatic carbocycles. The quantitative estimate of drug-likeness (QED) is 0.244. The fourth-order valence-electron chi connectivity index (χ4n) is 6.21. The third-order valence-electron chi connectivity index (χ3n) is 8.84. The molecule has 0 bridgehead atoms. The van der Waals surface area contributed by atoms with Gasteiger partial charge in [0, 0.05) is 67.4 Å². The molecule has 252 valence electrons. The van der Waals surface area contributed by atoms with Gasteiger partial charge < -0.3 is 25.0 Å². The van der Waals surface area contributed by atoms with Crippen LogP contribution in [0.25, 0.3) is 11.3 Å². The summed E-state index contributed by atoms with van der Waals surface area (Å²) >= 11 is 12.7. The number of amides is 1. The number of benzene rings is 1. The van der Waals surface area contributed by atoms with E-state index in [-0.39, 0.29) is 18.4 Å². The number of pyridine rings is 1. The third kappa shape index (κ3) is 10.5. The van der Waals surface area contributed by atoms with Gasteiger partial charge in [0.1, 0.15) is 0 Å². The molecule has 0 saturated carbocycles. The molecule has 0 spiro atoms. The van der Waals surface area contributed by atoms with Crippen LogP contribution in [-0.4, -0.2) is 94.1 Å². The highest BCUT2D eigenvalue weighted by Gasteiger charge is 2.24. The second-order valence-corrected chi connectivity index (χ2v) is 13.4. The van der Waals surface area contributed by atoms with Gasteiger partial charge in [0.05, 0.1) is 24.5 Å². The van der Waals surface area contributed by atoms with Crippen LogP contribution in [0.3, 0.4) is 0 Å². The lowest BCUT2D eigenvalue weighted by Crippen LogP contribution is -2.42. The van der Waals surface area contributed by atoms with E-state index >= 15 is 0 Å². The number of nitrogens with zero attached hydrogens (tertiary/aromatic N) is 6. The summed E-state index contributed by atoms with van der Waals surface area (Å²) in [7, 11) is 1.98. The number of carbonyl (C=O) groups excluding carboxylic acids is 1. The first kappa shape index (κ1) is 34.8. The second-order valence-electron chi connectivity index (χ2n) is 12.6. The lowest BCUT2D eigenvalue weighted by atomic mass is 9.96. The molecule has 1 atom stereocenters. The Morgan fingerprint density at radius 3 is 2.43 bits per heavy atom. The molecule has 1 amide bonds. The molecule has 2 aliphatic heterocycles. The van der Waals surface area contributed by atoms with E-state index in [1.165, 1.54) is 0 Å². The minimum atomic E-state index is -0.787. The average molecular weight is 685 g/mol. The molecule has 2 saturated heterocycles. The van der Waals surface area contributed by atoms with Crippen LogP contribution in [0.15, 0.2) is 42.7 Å². The summed E-state index contributed by atoms with van der Waals surface area (Å²) in [6, 6.07) is 9.58. The highest BCUT2D eigenvalue weighted by atomic mass is 35.5. The predicted octanol–water partition coefficient (Wildman–Crippen LogP) is 5.75. The number of nitrogens with one attached hydrogen (secondary N) is 1. The van der Waals surface area contributed by atoms with Crippen molar-refractivity contribution in [3.05, 3.63) is 58.3 Å². The summed E-state index contributed by atoms with van der Waals surface area (Å²) in [4.78, 5) is 43.2. The van der Waals surface area contributed by atoms with Gasteiger partial charge in [-0.25, -0.2) is 15.0 Å². The summed E-state index contributed by atoms with van der Waals surface area (Å²) in [5, 5.41) is 13.1. The summed E-state index contributed by atoms with van der Waals surface area (Å²) in [6.45, 7) is 6.94. The number of hydrogen-bond acceptors (Lipinski definition) is 9. The highest BCUT2D eigenvalue weighted by molar-refractivity contribution is 6.35. The van der Waals surface area contributed by atoms with Crippen molar-refractivity contribution in [2.75, 3.05) is 51.2 Å². The van der Waals surface area contributed by atoms with Crippen LogP contribution in [-0.2, 0) is 16.1 Å². The first-order valence-electron chi connectivity index (χ1n) is 16.2. The Bertz CT molecular complexity index is 1500. The molecule has 5 rings (SSSR count). The van der Waals surface area contributed by atoms with Crippen molar-refractivity contribution < 1.29 is 19.4 Å². The topological polar surface area (TPSA) is 124 Å². The molecular formula is C34H43Cl2N7O4. The zero-order chi connectivity index (χ0) is 33.3. The van der Waals surface area contributed by atoms with E-state index in [1.54, 1.807) is 25.4 Å². The van der Waals surface area contributed by atoms with Crippen LogP contribution < -0.4 is 15.0 Å². The van der Waals surface area contributed by atoms with Gasteiger partial charge in [-0.15, -0.1) is 0 Å². The number of halogens is 2. The van der Waals surface area contributed by atoms with Crippen molar-refractivity contribution in [1.82, 2.24) is 30.1 Å². The maximum atomic E-state index is 11.3. The molecule has 11 nitrogen and oxygen atoms in total. The number of carboxylic acids is 1. The Balaban J connectivity index is 1.30. The van der Waals surface area contributed by atoms with Gasteiger partial charge in [-0.1, -0.05) is 29.6 Å². The van der Waals surface area contributed by atoms with Crippen molar-refractivity contribution in [2.45, 2.75) is 58.0 Å². The van der Waals surface area contributed by atoms with E-state index in [1.807, 2.05) is 31.3 Å². The van der Waals surface area contributed by atoms with Gasteiger partial charge in [-0.05, 0) is 81.6 Å². The Morgan fingerprint density at radius 1 is 1.02 bits per heavy atom. The standard InChI is InChI=1S/C34H43Cl2N7O4/c1-23(44)37-18-24-6-11-42(12-7-24)21-25-13-31(26-15-27(35)17-28(36)16-26)40-32(14-25)47-30-19-38-34(39-20-30)43-9-4-3-5-29(22-43)41(2)10-8-33(45)46/h13-17,19-20,24,29H,3-12,18,21-22H2,1-2H3,(H,37,44)(H,45,46)/t29-/m0/s1. The largest absolute Gasteiger partial charge is 0.481 e. The molecule has 0 radical (unpaired) electrons. The Morgan fingerprint density at radius 2 is 1.74 bits per heavy atom. The third-order valence-corrected chi connectivity index (χ3v) is 9.28. The zero-order valence-corrected chi connectivity index (χ0v) is 28.5. The monoisotopic (exact) mass is 683 g/mol. The first-order valence-corrected chi connectivity index (χ1v) is 17.0. The van der Waals surface area contributed by atoms with Gasteiger partial charge in [0.15, 0.2) is 5.75 Å². The van der Waals surface area contributed by atoms with Crippen LogP contribution in [0, 0.1) is 5.92 Å². The molecule has 0 unspecified atom stereocenters. The summed E-state index contributed by atoms with van der Waals surface area (Å²) in [5.74, 6) is 1.21. The summed E-state index contributed by atoms with van der Waals surface area (Å²) in [6.07, 6.45) is 8.58. The van der Waals surface area contributed by atoms with E-state index in [2.05, 4.69) is 30.0 Å². The SMILES string of the molecule is CC(=O)NCC1CCN(Cc2cc(Oc3cnc(N4CCCC[C@H](N(C)CCC(=O)O)C4)nc3)nc(-c3cc(Cl)cc(Cl)c3)c2)CC1. The van der Waals surface area contributed by atoms with Crippen molar-refractivity contribution in [3.63, 3.8) is 0 Å². The number of carboxylic acid groups (broad SMARTS) is 1. The number of aliphatic carboxylic acids is 1. The number of carbonyl (C=O) groups is 2. The summed E-state index contributed by atoms with van der Waals surface area (Å²) in [5.41, 5.74) is 2.53. The maximum absolute atomic E-state index is 11.3. The second kappa shape index (κ2) is 16.5. The molecular weight excluding hydrogens is 641 g/mol. The zero-order valence-electron chi connectivity index (χ0n) is 27.0. The number of ether oxygens (including phenoxy) is 1. The minimum Gasteiger partial charge on any atom is -0.481 e. The Kier molecular flexibility index (Phi) is 12.3. The number of likely N-dealkylation sites (N-methyl/N-ethyl adjacent to an activating group) is 1. The van der Waals surface area contributed by atoms with Crippen molar-refractivity contribution in [3.8, 4) is 22.9 Å². The van der Waals surface area contributed by atoms with Gasteiger partial charge >= 0.3 is 5.97 Å². The Hall–Kier alpha value is -3.51. The predicted molar refractivity (Wildman–Crippen MR) is 183 cm³/mol. The molecule has 2 N–H and O–H groups in total. The smallest absolute Gasteiger partial charge is 0.304 e. The average Bonchev–Trinajstić information content (AvgIpc) is 3.30. The van der Waals surface area contributed by atoms with Gasteiger partial charge in [-0.3, -0.25) is 14.5 Å². The van der Waals surface area contributed by atoms with Crippen molar-refractivity contribution >= 4 is 41.0 Å². The number of anilines is 1. The normalized spacial score (nSPS) is 17.8. The number of rotatable bonds is 12. The Labute approximate surface area is 286 Å². The van der Waals surface area contributed by atoms with Crippen LogP contribution in [0.1, 0.15) is 51.0 Å². The van der Waals surface area contributed by atoms with E-state index < -0.39 is 5.97 Å². The van der Waals surface area contributed by atoms with Gasteiger partial charge in [0.25, 0.3) is 0 Å². The molecule has 2 aliphatic rings. The van der Waals surface area contributed by atoms with Crippen LogP contribution in [0.4, 0.5) is 5.95 Å². The van der Waals surface area contributed by atoms with Crippen molar-refractivity contribution in [2.24, 2.45) is 5.92 Å². The van der Waals surface area contributed by atoms with Gasteiger partial charge in [-0.2, -0.15) is 0 Å². The van der Waals surface area contributed by atoms with Crippen LogP contribution in [0.2, 0.25) is 10.0 Å². The molecule has 4 heterocycles. The first-order chi connectivity index (χ1) is 22.6. The van der Waals surface area contributed by atoms with E-state index in [0.29, 0.717) is 45.8 Å². The summed E-state index contributed by atoms with van der Waals surface area (Å²) < 4.78 is 6.24. The lowest BCUT2D eigenvalue weighted by Gasteiger charge is -2.32. The molecule has 47 heavy (non-hydrogen) atoms. The number of aromatic nitrogens is 3. The van der Waals surface area contributed by atoms with E-state index in [9.17, 15) is 9.59 Å². The highest BCUT2D eigenvalue weighted by Crippen LogP contribution is 2.31. The number of likely N-dealkylation sites (tertiary alicyclic amines) is 1. The minimum absolute atomic E-state index is 0.0128.